The van der Waals surface area contributed by atoms with Crippen LogP contribution in [-0.2, 0) is 18.0 Å². The zero-order valence-electron chi connectivity index (χ0n) is 14.3. The van der Waals surface area contributed by atoms with Crippen molar-refractivity contribution < 1.29 is 23.1 Å². The predicted octanol–water partition coefficient (Wildman–Crippen LogP) is 4.14. The van der Waals surface area contributed by atoms with Crippen molar-refractivity contribution in [3.63, 3.8) is 0 Å². The third-order valence-electron chi connectivity index (χ3n) is 4.93. The number of imidazole rings is 1. The van der Waals surface area contributed by atoms with E-state index in [0.29, 0.717) is 11.0 Å². The van der Waals surface area contributed by atoms with Gasteiger partial charge in [-0.2, -0.15) is 8.78 Å². The lowest BCUT2D eigenvalue weighted by Crippen LogP contribution is -2.54. The highest BCUT2D eigenvalue weighted by molar-refractivity contribution is 5.77. The van der Waals surface area contributed by atoms with Crippen molar-refractivity contribution in [3.8, 4) is 0 Å². The largest absolute Gasteiger partial charge is 0.465 e. The topological polar surface area (TPSA) is 67.2 Å². The average molecular weight is 375 g/mol. The van der Waals surface area contributed by atoms with Crippen molar-refractivity contribution in [2.24, 2.45) is 0 Å². The van der Waals surface area contributed by atoms with E-state index in [-0.39, 0.29) is 12.1 Å². The number of halogens is 3. The maximum atomic E-state index is 15.1. The Bertz CT molecular complexity index is 1050. The number of aryl methyl sites for hydroxylation is 1. The molecule has 1 amide bonds. The number of hydrogen-bond acceptors (Lipinski definition) is 2. The number of alkyl halides is 2. The molecule has 0 fully saturated rings. The summed E-state index contributed by atoms with van der Waals surface area (Å²) in [5.74, 6) is -4.30. The summed E-state index contributed by atoms with van der Waals surface area (Å²) in [4.78, 5) is 15.5. The van der Waals surface area contributed by atoms with E-state index in [9.17, 15) is 14.3 Å². The number of hydrogen-bond donors (Lipinski definition) is 2. The highest BCUT2D eigenvalue weighted by atomic mass is 19.3. The molecule has 27 heavy (non-hydrogen) atoms. The SMILES string of the molecule is Cc1ccc2c(c1)nc1n2CC(NC(=O)O)(c2ccc(F)cc2)CC1(F)F. The molecule has 1 aromatic heterocycles. The molecule has 140 valence electrons. The number of fused-ring (bicyclic) bond motifs is 3. The van der Waals surface area contributed by atoms with Crippen LogP contribution in [0.4, 0.5) is 18.0 Å². The molecule has 8 heteroatoms. The average Bonchev–Trinajstić information content (AvgIpc) is 2.92. The molecular formula is C19H16F3N3O2. The van der Waals surface area contributed by atoms with Gasteiger partial charge in [-0.1, -0.05) is 18.2 Å². The maximum Gasteiger partial charge on any atom is 0.405 e. The summed E-state index contributed by atoms with van der Waals surface area (Å²) in [6.07, 6.45) is -2.24. The monoisotopic (exact) mass is 375 g/mol. The summed E-state index contributed by atoms with van der Waals surface area (Å²) in [5.41, 5.74) is 0.457. The van der Waals surface area contributed by atoms with Crippen LogP contribution in [0.1, 0.15) is 23.4 Å². The molecule has 0 spiro atoms. The lowest BCUT2D eigenvalue weighted by molar-refractivity contribution is -0.0707. The summed E-state index contributed by atoms with van der Waals surface area (Å²) in [5, 5.41) is 11.6. The summed E-state index contributed by atoms with van der Waals surface area (Å²) in [7, 11) is 0. The molecular weight excluding hydrogens is 359 g/mol. The predicted molar refractivity (Wildman–Crippen MR) is 92.2 cm³/mol. The smallest absolute Gasteiger partial charge is 0.405 e. The number of aromatic nitrogens is 2. The third kappa shape index (κ3) is 2.81. The molecule has 2 aromatic carbocycles. The van der Waals surface area contributed by atoms with Crippen molar-refractivity contribution in [3.05, 3.63) is 65.2 Å². The van der Waals surface area contributed by atoms with Crippen molar-refractivity contribution in [1.82, 2.24) is 14.9 Å². The Morgan fingerprint density at radius 2 is 1.93 bits per heavy atom. The zero-order chi connectivity index (χ0) is 19.4. The second-order valence-corrected chi connectivity index (χ2v) is 6.91. The Labute approximate surface area is 152 Å². The lowest BCUT2D eigenvalue weighted by atomic mass is 9.81. The number of benzene rings is 2. The molecule has 2 N–H and O–H groups in total. The molecule has 0 bridgehead atoms. The third-order valence-corrected chi connectivity index (χ3v) is 4.93. The van der Waals surface area contributed by atoms with E-state index in [1.54, 1.807) is 18.2 Å². The normalized spacial score (nSPS) is 21.0. The molecule has 1 aliphatic rings. The van der Waals surface area contributed by atoms with E-state index in [1.165, 1.54) is 16.7 Å². The fourth-order valence-electron chi connectivity index (χ4n) is 3.79. The van der Waals surface area contributed by atoms with E-state index >= 15 is 8.78 Å². The number of nitrogens with one attached hydrogen (secondary N) is 1. The van der Waals surface area contributed by atoms with Gasteiger partial charge in [0.15, 0.2) is 5.82 Å². The van der Waals surface area contributed by atoms with E-state index in [0.717, 1.165) is 17.7 Å². The van der Waals surface area contributed by atoms with Gasteiger partial charge in [-0.25, -0.2) is 14.2 Å². The van der Waals surface area contributed by atoms with E-state index in [1.807, 2.05) is 6.92 Å². The fraction of sp³-hybridized carbons (Fsp3) is 0.263. The number of amides is 1. The van der Waals surface area contributed by atoms with Crippen molar-refractivity contribution in [1.29, 1.82) is 0 Å². The minimum Gasteiger partial charge on any atom is -0.465 e. The number of nitrogens with zero attached hydrogens (tertiary/aromatic N) is 2. The van der Waals surface area contributed by atoms with Crippen LogP contribution in [0.2, 0.25) is 0 Å². The Hall–Kier alpha value is -3.03. The Morgan fingerprint density at radius 1 is 1.22 bits per heavy atom. The highest BCUT2D eigenvalue weighted by Gasteiger charge is 2.53. The van der Waals surface area contributed by atoms with Gasteiger partial charge in [-0.3, -0.25) is 0 Å². The lowest BCUT2D eigenvalue weighted by Gasteiger charge is -2.41. The first kappa shape index (κ1) is 17.4. The van der Waals surface area contributed by atoms with Crippen LogP contribution in [0.3, 0.4) is 0 Å². The summed E-state index contributed by atoms with van der Waals surface area (Å²) in [6, 6.07) is 10.1. The van der Waals surface area contributed by atoms with Gasteiger partial charge in [0.2, 0.25) is 0 Å². The van der Waals surface area contributed by atoms with E-state index in [2.05, 4.69) is 10.3 Å². The summed E-state index contributed by atoms with van der Waals surface area (Å²) in [6.45, 7) is 1.76. The summed E-state index contributed by atoms with van der Waals surface area (Å²) >= 11 is 0. The van der Waals surface area contributed by atoms with Gasteiger partial charge in [0, 0.05) is 6.42 Å². The molecule has 1 atom stereocenters. The summed E-state index contributed by atoms with van der Waals surface area (Å²) < 4.78 is 44.8. The van der Waals surface area contributed by atoms with Gasteiger partial charge >= 0.3 is 12.0 Å². The molecule has 1 aliphatic heterocycles. The molecule has 0 radical (unpaired) electrons. The standard InChI is InChI=1S/C19H16F3N3O2/c1-11-2-7-15-14(8-11)23-16-19(21,22)9-18(10-25(15)16,24-17(26)27)12-3-5-13(20)6-4-12/h2-8,24H,9-10H2,1H3,(H,26,27). The number of carboxylic acid groups (broad SMARTS) is 1. The molecule has 3 aromatic rings. The number of rotatable bonds is 2. The van der Waals surface area contributed by atoms with E-state index in [4.69, 9.17) is 0 Å². The van der Waals surface area contributed by atoms with Gasteiger partial charge < -0.3 is 15.0 Å². The fourth-order valence-corrected chi connectivity index (χ4v) is 3.79. The Morgan fingerprint density at radius 3 is 2.59 bits per heavy atom. The second kappa shape index (κ2) is 5.73. The van der Waals surface area contributed by atoms with Crippen molar-refractivity contribution in [2.75, 3.05) is 0 Å². The Kier molecular flexibility index (Phi) is 3.69. The van der Waals surface area contributed by atoms with Crippen LogP contribution in [0.5, 0.6) is 0 Å². The molecule has 2 heterocycles. The molecule has 5 nitrogen and oxygen atoms in total. The Balaban J connectivity index is 1.94. The van der Waals surface area contributed by atoms with Gasteiger partial charge in [-0.15, -0.1) is 0 Å². The minimum atomic E-state index is -3.37. The molecule has 4 rings (SSSR count). The molecule has 0 saturated heterocycles. The van der Waals surface area contributed by atoms with Crippen LogP contribution in [0.15, 0.2) is 42.5 Å². The number of carbonyl (C=O) groups is 1. The van der Waals surface area contributed by atoms with E-state index < -0.39 is 35.6 Å². The van der Waals surface area contributed by atoms with Gasteiger partial charge in [0.05, 0.1) is 23.1 Å². The van der Waals surface area contributed by atoms with Gasteiger partial charge in [0.25, 0.3) is 0 Å². The first-order valence-corrected chi connectivity index (χ1v) is 8.33. The van der Waals surface area contributed by atoms with Crippen molar-refractivity contribution in [2.45, 2.75) is 31.4 Å². The van der Waals surface area contributed by atoms with Crippen LogP contribution < -0.4 is 5.32 Å². The van der Waals surface area contributed by atoms with Gasteiger partial charge in [-0.05, 0) is 42.3 Å². The van der Waals surface area contributed by atoms with Crippen LogP contribution >= 0.6 is 0 Å². The highest BCUT2D eigenvalue weighted by Crippen LogP contribution is 2.46. The van der Waals surface area contributed by atoms with Gasteiger partial charge in [0.1, 0.15) is 5.82 Å². The van der Waals surface area contributed by atoms with Crippen molar-refractivity contribution >= 4 is 17.1 Å². The van der Waals surface area contributed by atoms with Crippen LogP contribution in [0.25, 0.3) is 11.0 Å². The maximum absolute atomic E-state index is 15.1. The quantitative estimate of drug-likeness (QED) is 0.707. The molecule has 0 saturated carbocycles. The zero-order valence-corrected chi connectivity index (χ0v) is 14.3. The van der Waals surface area contributed by atoms with Crippen LogP contribution in [0, 0.1) is 12.7 Å². The minimum absolute atomic E-state index is 0.0740. The second-order valence-electron chi connectivity index (χ2n) is 6.91. The molecule has 0 aliphatic carbocycles. The first-order chi connectivity index (χ1) is 12.7. The molecule has 1 unspecified atom stereocenters. The first-order valence-electron chi connectivity index (χ1n) is 8.33. The van der Waals surface area contributed by atoms with Crippen LogP contribution in [-0.4, -0.2) is 20.8 Å².